The number of carbonyl (C=O) groups is 1. The number of benzene rings is 2. The number of halogens is 2. The van der Waals surface area contributed by atoms with Crippen LogP contribution in [-0.4, -0.2) is 22.2 Å². The zero-order chi connectivity index (χ0) is 24.2. The second-order valence-electron chi connectivity index (χ2n) is 7.81. The van der Waals surface area contributed by atoms with Crippen LogP contribution in [0.4, 0.5) is 4.39 Å². The van der Waals surface area contributed by atoms with E-state index in [4.69, 9.17) is 16.3 Å². The minimum atomic E-state index is -0.892. The number of aliphatic hydroxyl groups is 1. The molecule has 0 aliphatic carbocycles. The molecule has 0 unspecified atom stereocenters. The number of aromatic nitrogens is 1. The molecule has 34 heavy (non-hydrogen) atoms. The van der Waals surface area contributed by atoms with Crippen molar-refractivity contribution in [3.63, 3.8) is 0 Å². The van der Waals surface area contributed by atoms with E-state index in [0.29, 0.717) is 16.0 Å². The maximum Gasteiger partial charge on any atom is 0.257 e. The summed E-state index contributed by atoms with van der Waals surface area (Å²) in [5, 5.41) is 14.0. The Morgan fingerprint density at radius 3 is 2.62 bits per heavy atom. The van der Waals surface area contributed by atoms with Crippen LogP contribution in [0.1, 0.15) is 32.5 Å². The normalized spacial score (nSPS) is 12.1. The van der Waals surface area contributed by atoms with E-state index in [-0.39, 0.29) is 36.6 Å². The molecule has 1 atom stereocenters. The van der Waals surface area contributed by atoms with Gasteiger partial charge in [-0.25, -0.2) is 4.39 Å². The fourth-order valence-electron chi connectivity index (χ4n) is 3.48. The molecular formula is C25H22ClFN2O4S. The van der Waals surface area contributed by atoms with Crippen molar-refractivity contribution >= 4 is 39.1 Å². The van der Waals surface area contributed by atoms with Crippen molar-refractivity contribution in [1.29, 1.82) is 0 Å². The summed E-state index contributed by atoms with van der Waals surface area (Å²) >= 11 is 7.26. The quantitative estimate of drug-likeness (QED) is 0.371. The fraction of sp³-hybridized carbons (Fsp3) is 0.200. The number of ether oxygens (including phenoxy) is 1. The molecule has 1 amide bonds. The Kier molecular flexibility index (Phi) is 7.43. The number of hydrogen-bond donors (Lipinski definition) is 2. The number of pyridine rings is 1. The average molecular weight is 501 g/mol. The van der Waals surface area contributed by atoms with Gasteiger partial charge in [-0.15, -0.1) is 11.3 Å². The highest BCUT2D eigenvalue weighted by Gasteiger charge is 2.17. The first-order chi connectivity index (χ1) is 16.3. The zero-order valence-corrected chi connectivity index (χ0v) is 19.8. The second-order valence-corrected chi connectivity index (χ2v) is 9.36. The lowest BCUT2D eigenvalue weighted by Gasteiger charge is -2.11. The average Bonchev–Trinajstić information content (AvgIpc) is 3.26. The van der Waals surface area contributed by atoms with E-state index in [1.165, 1.54) is 41.8 Å². The predicted octanol–water partition coefficient (Wildman–Crippen LogP) is 4.57. The standard InChI is InChI=1S/C25H22ClFN2O4S/c1-29-12-21(24(32)28-11-15-2-6-17(26)7-3-15)23(31)20-10-19(34-25(20)29)13-33-14-22(30)16-4-8-18(27)9-5-16/h2-10,12,22,30H,11,13-14H2,1H3,(H,28,32)/t22-/m1/s1. The summed E-state index contributed by atoms with van der Waals surface area (Å²) in [6.45, 7) is 0.486. The molecule has 2 aromatic carbocycles. The Labute approximate surface area is 204 Å². The van der Waals surface area contributed by atoms with Crippen LogP contribution >= 0.6 is 22.9 Å². The third-order valence-corrected chi connectivity index (χ3v) is 6.73. The topological polar surface area (TPSA) is 80.6 Å². The van der Waals surface area contributed by atoms with Crippen LogP contribution in [0, 0.1) is 5.82 Å². The molecule has 0 radical (unpaired) electrons. The molecular weight excluding hydrogens is 479 g/mol. The van der Waals surface area contributed by atoms with Crippen molar-refractivity contribution in [2.24, 2.45) is 7.05 Å². The van der Waals surface area contributed by atoms with Gasteiger partial charge in [-0.05, 0) is 41.5 Å². The van der Waals surface area contributed by atoms with Crippen molar-refractivity contribution in [3.8, 4) is 0 Å². The number of nitrogens with zero attached hydrogens (tertiary/aromatic N) is 1. The summed E-state index contributed by atoms with van der Waals surface area (Å²) in [5.41, 5.74) is 1.13. The van der Waals surface area contributed by atoms with Crippen molar-refractivity contribution in [2.75, 3.05) is 6.61 Å². The third kappa shape index (κ3) is 5.53. The van der Waals surface area contributed by atoms with Crippen LogP contribution in [0.3, 0.4) is 0 Å². The van der Waals surface area contributed by atoms with E-state index in [2.05, 4.69) is 5.32 Å². The van der Waals surface area contributed by atoms with Crippen LogP contribution in [0.2, 0.25) is 5.02 Å². The number of nitrogens with one attached hydrogen (secondary N) is 1. The van der Waals surface area contributed by atoms with Crippen LogP contribution < -0.4 is 10.7 Å². The van der Waals surface area contributed by atoms with Gasteiger partial charge in [-0.2, -0.15) is 0 Å². The molecule has 176 valence electrons. The van der Waals surface area contributed by atoms with Gasteiger partial charge < -0.3 is 19.7 Å². The minimum absolute atomic E-state index is 0.0224. The maximum atomic E-state index is 13.0. The van der Waals surface area contributed by atoms with Gasteiger partial charge in [0, 0.05) is 29.7 Å². The predicted molar refractivity (Wildman–Crippen MR) is 131 cm³/mol. The molecule has 0 saturated heterocycles. The van der Waals surface area contributed by atoms with E-state index in [1.807, 2.05) is 12.1 Å². The highest BCUT2D eigenvalue weighted by molar-refractivity contribution is 7.18. The summed E-state index contributed by atoms with van der Waals surface area (Å²) in [6, 6.07) is 14.4. The lowest BCUT2D eigenvalue weighted by atomic mass is 10.1. The summed E-state index contributed by atoms with van der Waals surface area (Å²) in [5.74, 6) is -0.828. The Hall–Kier alpha value is -3.04. The third-order valence-electron chi connectivity index (χ3n) is 5.28. The smallest absolute Gasteiger partial charge is 0.257 e. The van der Waals surface area contributed by atoms with Crippen LogP contribution in [0.25, 0.3) is 10.2 Å². The van der Waals surface area contributed by atoms with Crippen molar-refractivity contribution < 1.29 is 19.0 Å². The highest BCUT2D eigenvalue weighted by atomic mass is 35.5. The number of rotatable bonds is 8. The Balaban J connectivity index is 1.43. The first-order valence-corrected chi connectivity index (χ1v) is 11.7. The van der Waals surface area contributed by atoms with E-state index >= 15 is 0 Å². The van der Waals surface area contributed by atoms with Gasteiger partial charge >= 0.3 is 0 Å². The molecule has 0 bridgehead atoms. The van der Waals surface area contributed by atoms with E-state index < -0.39 is 12.0 Å². The van der Waals surface area contributed by atoms with E-state index in [9.17, 15) is 19.1 Å². The Morgan fingerprint density at radius 1 is 1.21 bits per heavy atom. The number of thiophene rings is 1. The Bertz CT molecular complexity index is 1370. The fourth-order valence-corrected chi connectivity index (χ4v) is 4.63. The number of amides is 1. The number of hydrogen-bond acceptors (Lipinski definition) is 5. The molecule has 2 heterocycles. The number of aryl methyl sites for hydroxylation is 1. The van der Waals surface area contributed by atoms with Gasteiger partial charge in [0.25, 0.3) is 5.91 Å². The summed E-state index contributed by atoms with van der Waals surface area (Å²) in [4.78, 5) is 27.2. The molecule has 0 spiro atoms. The largest absolute Gasteiger partial charge is 0.386 e. The maximum absolute atomic E-state index is 13.0. The van der Waals surface area contributed by atoms with Gasteiger partial charge in [0.2, 0.25) is 5.43 Å². The molecule has 6 nitrogen and oxygen atoms in total. The molecule has 2 aromatic heterocycles. The van der Waals surface area contributed by atoms with Crippen molar-refractivity contribution in [3.05, 3.63) is 103 Å². The summed E-state index contributed by atoms with van der Waals surface area (Å²) in [6.07, 6.45) is 0.637. The van der Waals surface area contributed by atoms with E-state index in [1.54, 1.807) is 29.8 Å². The molecule has 2 N–H and O–H groups in total. The first kappa shape index (κ1) is 24.1. The Morgan fingerprint density at radius 2 is 1.91 bits per heavy atom. The lowest BCUT2D eigenvalue weighted by molar-refractivity contribution is 0.0287. The van der Waals surface area contributed by atoms with Gasteiger partial charge in [-0.3, -0.25) is 9.59 Å². The lowest BCUT2D eigenvalue weighted by Crippen LogP contribution is -2.29. The van der Waals surface area contributed by atoms with Gasteiger partial charge in [-0.1, -0.05) is 35.9 Å². The highest BCUT2D eigenvalue weighted by Crippen LogP contribution is 2.25. The number of fused-ring (bicyclic) bond motifs is 1. The molecule has 0 fully saturated rings. The van der Waals surface area contributed by atoms with Gasteiger partial charge in [0.05, 0.1) is 18.6 Å². The summed E-state index contributed by atoms with van der Waals surface area (Å²) in [7, 11) is 1.77. The number of aliphatic hydroxyl groups excluding tert-OH is 1. The molecule has 0 saturated carbocycles. The first-order valence-electron chi connectivity index (χ1n) is 10.5. The zero-order valence-electron chi connectivity index (χ0n) is 18.3. The van der Waals surface area contributed by atoms with Gasteiger partial charge in [0.1, 0.15) is 22.3 Å². The van der Waals surface area contributed by atoms with Crippen molar-refractivity contribution in [1.82, 2.24) is 9.88 Å². The van der Waals surface area contributed by atoms with Crippen LogP contribution in [0.5, 0.6) is 0 Å². The molecule has 4 aromatic rings. The summed E-state index contributed by atoms with van der Waals surface area (Å²) < 4.78 is 20.4. The SMILES string of the molecule is Cn1cc(C(=O)NCc2ccc(Cl)cc2)c(=O)c2cc(COC[C@@H](O)c3ccc(F)cc3)sc21. The van der Waals surface area contributed by atoms with Crippen LogP contribution in [0.15, 0.2) is 65.6 Å². The molecule has 9 heteroatoms. The molecule has 0 aliphatic heterocycles. The minimum Gasteiger partial charge on any atom is -0.386 e. The number of carbonyl (C=O) groups excluding carboxylic acids is 1. The molecule has 0 aliphatic rings. The van der Waals surface area contributed by atoms with Crippen LogP contribution in [-0.2, 0) is 24.9 Å². The van der Waals surface area contributed by atoms with E-state index in [0.717, 1.165) is 15.3 Å². The second kappa shape index (κ2) is 10.5. The van der Waals surface area contributed by atoms with Gasteiger partial charge in [0.15, 0.2) is 0 Å². The monoisotopic (exact) mass is 500 g/mol. The van der Waals surface area contributed by atoms with Crippen molar-refractivity contribution in [2.45, 2.75) is 19.3 Å². The molecule has 4 rings (SSSR count).